The fraction of sp³-hybridized carbons (Fsp3) is 0.0893. The molecule has 0 unspecified atom stereocenters. The van der Waals surface area contributed by atoms with Crippen LogP contribution < -0.4 is 5.19 Å². The zero-order chi connectivity index (χ0) is 45.3. The third-order valence-corrected chi connectivity index (χ3v) is 13.6. The maximum Gasteiger partial charge on any atom is 0.216 e. The van der Waals surface area contributed by atoms with Gasteiger partial charge in [0.25, 0.3) is 0 Å². The number of aromatic nitrogens is 4. The van der Waals surface area contributed by atoms with Crippen molar-refractivity contribution in [1.82, 2.24) is 19.5 Å². The average Bonchev–Trinajstić information content (AvgIpc) is 4.03. The minimum Gasteiger partial charge on any atom is -0.486 e. The first-order chi connectivity index (χ1) is 31.9. The molecule has 6 nitrogen and oxygen atoms in total. The molecular weight excluding hydrogens is 1000 g/mol. The van der Waals surface area contributed by atoms with Gasteiger partial charge in [0.05, 0.1) is 36.2 Å². The number of para-hydroxylation sites is 2. The van der Waals surface area contributed by atoms with Gasteiger partial charge in [-0.05, 0) is 82.3 Å². The summed E-state index contributed by atoms with van der Waals surface area (Å²) in [7, 11) is -1.76. The molecule has 0 aliphatic carbocycles. The molecule has 0 spiro atoms. The van der Waals surface area contributed by atoms with Crippen LogP contribution in [0.1, 0.15) is 19.6 Å². The smallest absolute Gasteiger partial charge is 0.216 e. The van der Waals surface area contributed by atoms with Gasteiger partial charge in [0.2, 0.25) is 5.71 Å². The van der Waals surface area contributed by atoms with Gasteiger partial charge in [0.15, 0.2) is 5.58 Å². The summed E-state index contributed by atoms with van der Waals surface area (Å²) in [6.07, 6.45) is 0.307. The van der Waals surface area contributed by atoms with Gasteiger partial charge in [0, 0.05) is 56.7 Å². The number of nitrogens with zero attached hydrogens (tertiary/aromatic N) is 4. The molecule has 0 atom stereocenters. The molecule has 7 aromatic carbocycles. The molecule has 12 aromatic rings. The Bertz CT molecular complexity index is 3830. The molecule has 0 N–H and O–H groups in total. The number of rotatable bonds is 6. The molecule has 0 aliphatic heterocycles. The van der Waals surface area contributed by atoms with Crippen LogP contribution in [-0.2, 0) is 26.5 Å². The van der Waals surface area contributed by atoms with Crippen LogP contribution in [-0.4, -0.2) is 27.6 Å². The summed E-state index contributed by atoms with van der Waals surface area (Å²) in [5, 5.41) is 6.24. The van der Waals surface area contributed by atoms with Crippen LogP contribution in [0.25, 0.3) is 94.1 Å². The molecule has 9 heteroatoms. The fourth-order valence-corrected chi connectivity index (χ4v) is 9.93. The first kappa shape index (κ1) is 39.5. The summed E-state index contributed by atoms with van der Waals surface area (Å²) < 4.78 is 47.8. The fourth-order valence-electron chi connectivity index (χ4n) is 8.54. The van der Waals surface area contributed by atoms with Crippen molar-refractivity contribution in [2.45, 2.75) is 32.9 Å². The molecule has 1 radical (unpaired) electrons. The number of pyridine rings is 2. The number of hydrogen-bond donors (Lipinski definition) is 0. The van der Waals surface area contributed by atoms with E-state index in [-0.39, 0.29) is 20.1 Å². The van der Waals surface area contributed by atoms with Crippen LogP contribution in [0.3, 0.4) is 0 Å². The molecule has 0 amide bonds. The van der Waals surface area contributed by atoms with Gasteiger partial charge < -0.3 is 18.4 Å². The van der Waals surface area contributed by atoms with Crippen LogP contribution >= 0.6 is 0 Å². The molecule has 0 aliphatic rings. The molecule has 5 aromatic heterocycles. The van der Waals surface area contributed by atoms with Crippen LogP contribution in [0.4, 0.5) is 4.39 Å². The predicted octanol–water partition coefficient (Wildman–Crippen LogP) is 14.0. The predicted molar refractivity (Wildman–Crippen MR) is 261 cm³/mol. The van der Waals surface area contributed by atoms with Gasteiger partial charge in [-0.1, -0.05) is 122 Å². The number of furan rings is 2. The molecule has 0 bridgehead atoms. The topological polar surface area (TPSA) is 69.9 Å². The molecule has 12 rings (SSSR count). The Labute approximate surface area is 392 Å². The van der Waals surface area contributed by atoms with E-state index in [2.05, 4.69) is 82.7 Å². The number of halogens is 1. The van der Waals surface area contributed by atoms with Crippen molar-refractivity contribution in [2.75, 3.05) is 0 Å². The number of fused-ring (bicyclic) bond motifs is 8. The molecule has 0 saturated carbocycles. The van der Waals surface area contributed by atoms with Crippen LogP contribution in [0.2, 0.25) is 19.6 Å². The first-order valence-electron chi connectivity index (χ1n) is 22.2. The third-order valence-electron chi connectivity index (χ3n) is 11.6. The van der Waals surface area contributed by atoms with Gasteiger partial charge in [-0.25, -0.2) is 4.98 Å². The molecule has 319 valence electrons. The van der Waals surface area contributed by atoms with E-state index in [1.54, 1.807) is 0 Å². The summed E-state index contributed by atoms with van der Waals surface area (Å²) in [4.78, 5) is 14.3. The Hall–Kier alpha value is -7.03. The molecule has 0 fully saturated rings. The van der Waals surface area contributed by atoms with Crippen molar-refractivity contribution in [3.8, 4) is 28.3 Å². The van der Waals surface area contributed by atoms with Gasteiger partial charge in [-0.15, -0.1) is 48.0 Å². The summed E-state index contributed by atoms with van der Waals surface area (Å²) >= 11 is 0. The van der Waals surface area contributed by atoms with Crippen LogP contribution in [0.5, 0.6) is 0 Å². The summed E-state index contributed by atoms with van der Waals surface area (Å²) in [6.45, 7) is 8.56. The van der Waals surface area contributed by atoms with Crippen molar-refractivity contribution < 1.29 is 36.1 Å². The number of imidazole rings is 1. The quantitative estimate of drug-likeness (QED) is 0.123. The first-order valence-corrected chi connectivity index (χ1v) is 24.7. The van der Waals surface area contributed by atoms with Crippen molar-refractivity contribution in [3.05, 3.63) is 199 Å². The van der Waals surface area contributed by atoms with Crippen molar-refractivity contribution in [3.63, 3.8) is 0 Å². The van der Waals surface area contributed by atoms with E-state index >= 15 is 4.39 Å². The monoisotopic (exact) mass is 1040 g/mol. The van der Waals surface area contributed by atoms with Crippen molar-refractivity contribution >= 4 is 79.1 Å². The second-order valence-corrected chi connectivity index (χ2v) is 22.0. The van der Waals surface area contributed by atoms with Crippen molar-refractivity contribution in [2.24, 2.45) is 0 Å². The van der Waals surface area contributed by atoms with E-state index in [0.717, 1.165) is 77.1 Å². The Morgan fingerprint density at radius 1 is 0.723 bits per heavy atom. The van der Waals surface area contributed by atoms with E-state index in [1.807, 2.05) is 128 Å². The van der Waals surface area contributed by atoms with Gasteiger partial charge in [-0.3, -0.25) is 9.37 Å². The maximum atomic E-state index is 15.3. The second kappa shape index (κ2) is 16.8. The Morgan fingerprint density at radius 3 is 2.28 bits per heavy atom. The molecular formula is C56H41FIrN4O2Si-2. The summed E-state index contributed by atoms with van der Waals surface area (Å²) in [6, 6.07) is 56.9. The minimum absolute atomic E-state index is 0. The van der Waals surface area contributed by atoms with E-state index in [1.165, 1.54) is 6.07 Å². The third kappa shape index (κ3) is 7.65. The second-order valence-electron chi connectivity index (χ2n) is 17.0. The molecule has 5 heterocycles. The number of hydrogen-bond acceptors (Lipinski definition) is 5. The van der Waals surface area contributed by atoms with E-state index < -0.39 is 20.3 Å². The molecule has 0 saturated heterocycles. The largest absolute Gasteiger partial charge is 0.486 e. The Balaban J connectivity index is 0.000000175. The summed E-state index contributed by atoms with van der Waals surface area (Å²) in [5.74, 6) is 0.157. The number of aryl methyl sites for hydroxylation is 1. The van der Waals surface area contributed by atoms with Crippen LogP contribution in [0, 0.1) is 24.9 Å². The van der Waals surface area contributed by atoms with E-state index in [4.69, 9.17) is 16.6 Å². The van der Waals surface area contributed by atoms with Crippen molar-refractivity contribution in [1.29, 1.82) is 0 Å². The van der Waals surface area contributed by atoms with Gasteiger partial charge >= 0.3 is 0 Å². The molecule has 65 heavy (non-hydrogen) atoms. The average molecular weight is 1040 g/mol. The van der Waals surface area contributed by atoms with Gasteiger partial charge in [0.1, 0.15) is 5.58 Å². The maximum absolute atomic E-state index is 15.3. The Kier molecular flexibility index (Phi) is 10.2. The van der Waals surface area contributed by atoms with Crippen LogP contribution in [0.15, 0.2) is 173 Å². The standard InChI is InChI=1S/C35H19FN3O2.C21H22NSi.Ir/c1-19-13-14-24-31-26(36)16-15-25(33(31)41-35(24)37-19)34-38-27-17-20-7-2-3-8-21(20)18-29(27)39(34)28-11-6-10-23-22-9-4-5-12-30(22)40-32(23)28;1-23(2,3)21-16-22-20(18-12-8-5-9-13-18)15-19(21)14-17-10-6-4-7-11-17;/h2-14,16-18H,1H3;4-12,15-16H,14H2,1-3H3;/q2*-1;/i;14D2;. The number of benzene rings is 7. The SMILES string of the molecule is Cc1ccc2c(n1)oc1c(-c3nc4cc5ccccc5cc4n3-c3cccc4c3oc3ccccc34)[c-]cc(F)c12.[2H]C([2H])(c1ccccc1)c1cc(-c2[c-]cccc2)ncc1[Si](C)(C)C.[Ir]. The van der Waals surface area contributed by atoms with E-state index in [9.17, 15) is 0 Å². The zero-order valence-electron chi connectivity index (χ0n) is 37.9. The normalized spacial score (nSPS) is 12.4. The summed E-state index contributed by atoms with van der Waals surface area (Å²) in [5.41, 5.74) is 9.17. The van der Waals surface area contributed by atoms with Gasteiger partial charge in [-0.2, -0.15) is 0 Å². The zero-order valence-corrected chi connectivity index (χ0v) is 39.3. The van der Waals surface area contributed by atoms with E-state index in [0.29, 0.717) is 39.0 Å². The minimum atomic E-state index is -1.76. The Morgan fingerprint density at radius 2 is 1.48 bits per heavy atom.